The van der Waals surface area contributed by atoms with Crippen LogP contribution < -0.4 is 0 Å². The predicted octanol–water partition coefficient (Wildman–Crippen LogP) is 1.41. The number of thiocarbonyl (C=S) groups is 1. The van der Waals surface area contributed by atoms with E-state index in [0.29, 0.717) is 6.54 Å². The van der Waals surface area contributed by atoms with Crippen molar-refractivity contribution in [3.05, 3.63) is 0 Å². The monoisotopic (exact) mass is 102 g/mol. The highest BCUT2D eigenvalue weighted by atomic mass is 32.1. The van der Waals surface area contributed by atoms with Crippen molar-refractivity contribution in [1.82, 2.24) is 0 Å². The molecule has 0 aromatic heterocycles. The second kappa shape index (κ2) is 2.90. The minimum atomic E-state index is 0.398. The van der Waals surface area contributed by atoms with Gasteiger partial charge < -0.3 is 0 Å². The largest absolute Gasteiger partial charge is 0.209 e. The van der Waals surface area contributed by atoms with Crippen LogP contribution in [0.3, 0.4) is 0 Å². The van der Waals surface area contributed by atoms with Crippen molar-refractivity contribution in [3.63, 3.8) is 0 Å². The highest BCUT2D eigenvalue weighted by molar-refractivity contribution is 7.80. The molecule has 34 valence electrons. The summed E-state index contributed by atoms with van der Waals surface area (Å²) in [6, 6.07) is 0. The van der Waals surface area contributed by atoms with E-state index < -0.39 is 0 Å². The smallest absolute Gasteiger partial charge is 0.0906 e. The molecule has 0 bridgehead atoms. The van der Waals surface area contributed by atoms with Gasteiger partial charge in [-0.1, -0.05) is 12.2 Å². The van der Waals surface area contributed by atoms with Crippen LogP contribution in [0.2, 0.25) is 0 Å². The molecule has 2 nitrogen and oxygen atoms in total. The van der Waals surface area contributed by atoms with Gasteiger partial charge in [0.25, 0.3) is 0 Å². The summed E-state index contributed by atoms with van der Waals surface area (Å²) in [7, 11) is 0. The number of nitrogens with zero attached hydrogens (tertiary/aromatic N) is 1. The van der Waals surface area contributed by atoms with Crippen molar-refractivity contribution in [3.8, 4) is 0 Å². The van der Waals surface area contributed by atoms with Crippen molar-refractivity contribution in [1.29, 1.82) is 5.53 Å². The third-order valence-corrected chi connectivity index (χ3v) is 0.431. The highest BCUT2D eigenvalue weighted by Crippen LogP contribution is 1.72. The van der Waals surface area contributed by atoms with E-state index in [1.54, 1.807) is 6.92 Å². The van der Waals surface area contributed by atoms with E-state index in [0.717, 1.165) is 4.86 Å². The fourth-order valence-electron chi connectivity index (χ4n) is 0.111. The van der Waals surface area contributed by atoms with Gasteiger partial charge in [0.15, 0.2) is 0 Å². The van der Waals surface area contributed by atoms with Gasteiger partial charge in [0.05, 0.1) is 6.54 Å². The average Bonchev–Trinajstić information content (AvgIpc) is 1.35. The Morgan fingerprint density at radius 2 is 2.50 bits per heavy atom. The molecule has 0 amide bonds. The van der Waals surface area contributed by atoms with Crippen molar-refractivity contribution < 1.29 is 0 Å². The zero-order chi connectivity index (χ0) is 4.99. The van der Waals surface area contributed by atoms with Crippen LogP contribution in [0.5, 0.6) is 0 Å². The predicted molar refractivity (Wildman–Crippen MR) is 28.3 cm³/mol. The molecular weight excluding hydrogens is 96.1 g/mol. The lowest BCUT2D eigenvalue weighted by molar-refractivity contribution is 1.03. The van der Waals surface area contributed by atoms with Crippen LogP contribution in [0.1, 0.15) is 6.92 Å². The molecule has 0 radical (unpaired) electrons. The number of nitrogens with one attached hydrogen (secondary N) is 1. The Kier molecular flexibility index (Phi) is 2.75. The molecule has 0 unspecified atom stereocenters. The lowest BCUT2D eigenvalue weighted by atomic mass is 10.5. The first-order chi connectivity index (χ1) is 2.77. The maximum atomic E-state index is 6.27. The molecule has 0 spiro atoms. The molecule has 1 N–H and O–H groups in total. The Morgan fingerprint density at radius 3 is 2.50 bits per heavy atom. The quantitative estimate of drug-likeness (QED) is 0.415. The summed E-state index contributed by atoms with van der Waals surface area (Å²) in [5.41, 5.74) is 6.27. The first-order valence-corrected chi connectivity index (χ1v) is 2.01. The Labute approximate surface area is 42.1 Å². The molecule has 0 saturated carbocycles. The first kappa shape index (κ1) is 5.69. The van der Waals surface area contributed by atoms with Crippen LogP contribution in [-0.2, 0) is 0 Å². The SMILES string of the molecule is CC(=S)CN=N. The Balaban J connectivity index is 3.05. The third kappa shape index (κ3) is 3.69. The summed E-state index contributed by atoms with van der Waals surface area (Å²) in [5, 5.41) is 3.04. The normalized spacial score (nSPS) is 7.50. The van der Waals surface area contributed by atoms with E-state index in [4.69, 9.17) is 5.53 Å². The van der Waals surface area contributed by atoms with Gasteiger partial charge >= 0.3 is 0 Å². The van der Waals surface area contributed by atoms with Crippen LogP contribution >= 0.6 is 12.2 Å². The molecule has 3 heteroatoms. The fraction of sp³-hybridized carbons (Fsp3) is 0.667. The molecule has 0 aliphatic carbocycles. The van der Waals surface area contributed by atoms with Gasteiger partial charge in [0.2, 0.25) is 0 Å². The summed E-state index contributed by atoms with van der Waals surface area (Å²) in [5.74, 6) is 0. The molecule has 0 aromatic rings. The molecule has 0 aromatic carbocycles. The number of hydrogen-bond acceptors (Lipinski definition) is 3. The molecule has 0 saturated heterocycles. The summed E-state index contributed by atoms with van der Waals surface area (Å²) in [6.07, 6.45) is 0. The molecular formula is C3H6N2S. The third-order valence-electron chi connectivity index (χ3n) is 0.302. The van der Waals surface area contributed by atoms with E-state index >= 15 is 0 Å². The molecule has 0 aliphatic rings. The van der Waals surface area contributed by atoms with Crippen LogP contribution in [0, 0.1) is 5.53 Å². The van der Waals surface area contributed by atoms with Gasteiger partial charge in [-0.05, 0) is 6.92 Å². The van der Waals surface area contributed by atoms with Crippen LogP contribution in [0.25, 0.3) is 0 Å². The average molecular weight is 102 g/mol. The van der Waals surface area contributed by atoms with Crippen molar-refractivity contribution >= 4 is 17.1 Å². The topological polar surface area (TPSA) is 36.2 Å². The van der Waals surface area contributed by atoms with Gasteiger partial charge in [-0.2, -0.15) is 5.11 Å². The van der Waals surface area contributed by atoms with Gasteiger partial charge in [-0.15, -0.1) is 0 Å². The second-order valence-electron chi connectivity index (χ2n) is 1.02. The van der Waals surface area contributed by atoms with Crippen molar-refractivity contribution in [2.45, 2.75) is 6.92 Å². The molecule has 0 rings (SSSR count). The van der Waals surface area contributed by atoms with Crippen LogP contribution in [0.4, 0.5) is 0 Å². The van der Waals surface area contributed by atoms with E-state index in [1.165, 1.54) is 0 Å². The first-order valence-electron chi connectivity index (χ1n) is 1.60. The standard InChI is InChI=1S/C3H6N2S/c1-3(6)2-5-4/h4H,2H2,1H3. The molecule has 0 heterocycles. The van der Waals surface area contributed by atoms with Gasteiger partial charge in [0.1, 0.15) is 0 Å². The zero-order valence-corrected chi connectivity index (χ0v) is 4.38. The van der Waals surface area contributed by atoms with E-state index in [9.17, 15) is 0 Å². The van der Waals surface area contributed by atoms with Gasteiger partial charge in [-0.25, -0.2) is 5.53 Å². The van der Waals surface area contributed by atoms with Gasteiger partial charge in [0, 0.05) is 4.86 Å². The second-order valence-corrected chi connectivity index (χ2v) is 1.72. The van der Waals surface area contributed by atoms with Crippen molar-refractivity contribution in [2.24, 2.45) is 5.11 Å². The zero-order valence-electron chi connectivity index (χ0n) is 3.56. The van der Waals surface area contributed by atoms with Gasteiger partial charge in [-0.3, -0.25) is 0 Å². The van der Waals surface area contributed by atoms with E-state index in [2.05, 4.69) is 17.3 Å². The number of rotatable bonds is 2. The van der Waals surface area contributed by atoms with Crippen LogP contribution in [-0.4, -0.2) is 11.4 Å². The lowest BCUT2D eigenvalue weighted by Crippen LogP contribution is -1.87. The Hall–Kier alpha value is -0.310. The molecule has 0 aliphatic heterocycles. The van der Waals surface area contributed by atoms with E-state index in [1.807, 2.05) is 0 Å². The molecule has 0 fully saturated rings. The fourth-order valence-corrected chi connectivity index (χ4v) is 0.176. The summed E-state index contributed by atoms with van der Waals surface area (Å²) in [4.78, 5) is 0.769. The molecule has 6 heavy (non-hydrogen) atoms. The minimum Gasteiger partial charge on any atom is -0.209 e. The van der Waals surface area contributed by atoms with Crippen LogP contribution in [0.15, 0.2) is 5.11 Å². The van der Waals surface area contributed by atoms with Crippen molar-refractivity contribution in [2.75, 3.05) is 6.54 Å². The minimum absolute atomic E-state index is 0.398. The van der Waals surface area contributed by atoms with E-state index in [-0.39, 0.29) is 0 Å². The summed E-state index contributed by atoms with van der Waals surface area (Å²) in [6.45, 7) is 2.17. The maximum Gasteiger partial charge on any atom is 0.0906 e. The Bertz CT molecular complexity index is 69.2. The lowest BCUT2D eigenvalue weighted by Gasteiger charge is -1.78. The molecule has 0 atom stereocenters. The number of hydrogen-bond donors (Lipinski definition) is 1. The Morgan fingerprint density at radius 1 is 2.00 bits per heavy atom. The summed E-state index contributed by atoms with van der Waals surface area (Å²) >= 11 is 4.58. The summed E-state index contributed by atoms with van der Waals surface area (Å²) < 4.78 is 0. The maximum absolute atomic E-state index is 6.27. The highest BCUT2D eigenvalue weighted by Gasteiger charge is 1.76.